The number of ether oxygens (including phenoxy) is 4. The van der Waals surface area contributed by atoms with Crippen LogP contribution in [0.1, 0.15) is 111 Å². The molecule has 15 nitrogen and oxygen atoms in total. The number of piperidine rings is 1. The number of fused-ring (bicyclic) bond motifs is 1. The number of nitrogens with zero attached hydrogens (tertiary/aromatic N) is 5. The first kappa shape index (κ1) is 54.4. The molecule has 6 amide bonds. The summed E-state index contributed by atoms with van der Waals surface area (Å²) >= 11 is 12.9. The maximum absolute atomic E-state index is 15.4. The Morgan fingerprint density at radius 2 is 1.39 bits per heavy atom. The summed E-state index contributed by atoms with van der Waals surface area (Å²) in [6.45, 7) is 16.9. The highest BCUT2D eigenvalue weighted by Crippen LogP contribution is 2.54. The quantitative estimate of drug-likeness (QED) is 0.0717. The van der Waals surface area contributed by atoms with Crippen LogP contribution in [0.25, 0.3) is 0 Å². The molecule has 0 bridgehead atoms. The van der Waals surface area contributed by atoms with Crippen molar-refractivity contribution in [2.45, 2.75) is 103 Å². The van der Waals surface area contributed by atoms with Crippen LogP contribution >= 0.6 is 23.2 Å². The Morgan fingerprint density at radius 1 is 0.770 bits per heavy atom. The van der Waals surface area contributed by atoms with Crippen molar-refractivity contribution in [3.05, 3.63) is 134 Å². The Balaban J connectivity index is 0.814. The third-order valence-corrected chi connectivity index (χ3v) is 15.4. The zero-order chi connectivity index (χ0) is 52.8. The van der Waals surface area contributed by atoms with Gasteiger partial charge in [-0.25, -0.2) is 4.79 Å². The fourth-order valence-electron chi connectivity index (χ4n) is 10.4. The van der Waals surface area contributed by atoms with Crippen LogP contribution in [-0.2, 0) is 58.1 Å². The van der Waals surface area contributed by atoms with Crippen molar-refractivity contribution in [3.63, 3.8) is 0 Å². The number of rotatable bonds is 19. The molecule has 74 heavy (non-hydrogen) atoms. The van der Waals surface area contributed by atoms with Gasteiger partial charge in [-0.2, -0.15) is 0 Å². The summed E-state index contributed by atoms with van der Waals surface area (Å²) in [4.78, 5) is 78.7. The number of aliphatic imine (C=N–C) groups is 1. The maximum Gasteiger partial charge on any atom is 0.326 e. The number of amides is 6. The number of carbonyl (C=O) groups excluding carboxylic acids is 5. The van der Waals surface area contributed by atoms with Gasteiger partial charge < -0.3 is 33.6 Å². The molecule has 4 aromatic carbocycles. The highest BCUT2D eigenvalue weighted by atomic mass is 35.5. The number of halogens is 2. The van der Waals surface area contributed by atoms with Crippen molar-refractivity contribution in [1.82, 2.24) is 24.9 Å². The lowest BCUT2D eigenvalue weighted by Crippen LogP contribution is -2.61. The second-order valence-corrected chi connectivity index (χ2v) is 21.4. The van der Waals surface area contributed by atoms with E-state index < -0.39 is 23.0 Å². The number of imide groups is 1. The second-order valence-electron chi connectivity index (χ2n) is 20.5. The number of nitrogens with one attached hydrogen (secondary N) is 1. The molecule has 4 aromatic rings. The summed E-state index contributed by atoms with van der Waals surface area (Å²) in [7, 11) is 0. The minimum atomic E-state index is -1.08. The zero-order valence-corrected chi connectivity index (χ0v) is 44.9. The Hall–Kier alpha value is -5.84. The van der Waals surface area contributed by atoms with Gasteiger partial charge in [-0.1, -0.05) is 86.4 Å². The number of hydrogen-bond acceptors (Lipinski definition) is 10. The molecule has 4 heterocycles. The van der Waals surface area contributed by atoms with Gasteiger partial charge >= 0.3 is 6.03 Å². The largest absolute Gasteiger partial charge is 0.493 e. The number of aryl methyl sites for hydroxylation is 1. The average molecular weight is 1050 g/mol. The molecule has 2 fully saturated rings. The van der Waals surface area contributed by atoms with E-state index >= 15 is 4.79 Å². The van der Waals surface area contributed by atoms with E-state index in [2.05, 4.69) is 52.1 Å². The third kappa shape index (κ3) is 11.5. The lowest BCUT2D eigenvalue weighted by molar-refractivity contribution is -0.137. The molecule has 3 atom stereocenters. The molecule has 8 rings (SSSR count). The molecule has 0 saturated carbocycles. The van der Waals surface area contributed by atoms with E-state index in [4.69, 9.17) is 47.1 Å². The average Bonchev–Trinajstić information content (AvgIpc) is 3.85. The van der Waals surface area contributed by atoms with Crippen molar-refractivity contribution in [2.24, 2.45) is 4.99 Å². The third-order valence-electron chi connectivity index (χ3n) is 14.8. The monoisotopic (exact) mass is 1050 g/mol. The standard InChI is InChI=1S/C57H68Cl2N6O9/c1-7-74-48-36-41(55(2,3)4)17-22-45(48)51-61-56(5,39-13-18-42(58)19-14-39)57(6,40-15-20-43(59)21-16-40)65(51)54(70)63-28-26-62(27-29-63)50(67)25-31-72-33-35-73-34-32-71-30-9-11-38-10-8-12-44-46(38)37-64(53(44)69)47-23-24-49(66)60-52(47)68/h8,10,12-22,36,47H,7,9,11,23-35,37H2,1-6H3,(H,60,66,68)/t47?,56-,57+/m0/s1. The summed E-state index contributed by atoms with van der Waals surface area (Å²) in [5, 5.41) is 3.51. The van der Waals surface area contributed by atoms with E-state index in [9.17, 15) is 19.2 Å². The van der Waals surface area contributed by atoms with Crippen LogP contribution in [0.5, 0.6) is 5.75 Å². The zero-order valence-electron chi connectivity index (χ0n) is 43.3. The molecule has 2 saturated heterocycles. The first-order valence-corrected chi connectivity index (χ1v) is 26.5. The van der Waals surface area contributed by atoms with Crippen LogP contribution in [0.4, 0.5) is 4.79 Å². The molecule has 4 aliphatic heterocycles. The van der Waals surface area contributed by atoms with Crippen LogP contribution in [-0.4, -0.2) is 134 Å². The molecule has 0 aliphatic carbocycles. The minimum absolute atomic E-state index is 0.0462. The predicted molar refractivity (Wildman–Crippen MR) is 284 cm³/mol. The summed E-state index contributed by atoms with van der Waals surface area (Å²) in [6, 6.07) is 26.1. The molecule has 0 spiro atoms. The SMILES string of the molecule is CCOc1cc(C(C)(C)C)ccc1C1=N[C@@](C)(c2ccc(Cl)cc2)[C@@](C)(c2ccc(Cl)cc2)N1C(=O)N1CCN(C(=O)CCOCCOCCOCCCc2cccc3c2CN(C2CCC(=O)NC2=O)C3=O)CC1. The number of urea groups is 1. The molecule has 1 N–H and O–H groups in total. The minimum Gasteiger partial charge on any atom is -0.493 e. The highest BCUT2D eigenvalue weighted by molar-refractivity contribution is 6.30. The van der Waals surface area contributed by atoms with Gasteiger partial charge in [-0.3, -0.25) is 34.4 Å². The van der Waals surface area contributed by atoms with Crippen molar-refractivity contribution in [3.8, 4) is 5.75 Å². The van der Waals surface area contributed by atoms with E-state index in [1.54, 1.807) is 20.8 Å². The van der Waals surface area contributed by atoms with Crippen molar-refractivity contribution < 1.29 is 42.9 Å². The van der Waals surface area contributed by atoms with Crippen molar-refractivity contribution >= 4 is 58.7 Å². The van der Waals surface area contributed by atoms with Crippen LogP contribution in [0.2, 0.25) is 10.0 Å². The fourth-order valence-corrected chi connectivity index (χ4v) is 10.7. The normalized spacial score (nSPS) is 21.0. The van der Waals surface area contributed by atoms with Gasteiger partial charge in [0.25, 0.3) is 5.91 Å². The van der Waals surface area contributed by atoms with Gasteiger partial charge in [0, 0.05) is 61.4 Å². The number of carbonyl (C=O) groups is 5. The Kier molecular flexibility index (Phi) is 17.2. The summed E-state index contributed by atoms with van der Waals surface area (Å²) in [5.41, 5.74) is 3.84. The number of hydrogen-bond donors (Lipinski definition) is 1. The van der Waals surface area contributed by atoms with Crippen molar-refractivity contribution in [2.75, 3.05) is 72.4 Å². The van der Waals surface area contributed by atoms with Crippen molar-refractivity contribution in [1.29, 1.82) is 0 Å². The van der Waals surface area contributed by atoms with E-state index in [1.165, 1.54) is 0 Å². The molecule has 4 aliphatic rings. The van der Waals surface area contributed by atoms with Gasteiger partial charge in [0.15, 0.2) is 0 Å². The summed E-state index contributed by atoms with van der Waals surface area (Å²) in [6.07, 6.45) is 2.21. The van der Waals surface area contributed by atoms with Gasteiger partial charge in [0.05, 0.1) is 51.6 Å². The van der Waals surface area contributed by atoms with Crippen LogP contribution in [0.3, 0.4) is 0 Å². The predicted octanol–water partition coefficient (Wildman–Crippen LogP) is 8.68. The molecular formula is C57H68Cl2N6O9. The van der Waals surface area contributed by atoms with E-state index in [1.807, 2.05) is 78.6 Å². The number of piperazine rings is 1. The molecule has 0 radical (unpaired) electrons. The first-order valence-electron chi connectivity index (χ1n) is 25.7. The lowest BCUT2D eigenvalue weighted by Gasteiger charge is -2.47. The van der Waals surface area contributed by atoms with Gasteiger partial charge in [-0.05, 0) is 116 Å². The first-order chi connectivity index (χ1) is 35.4. The van der Waals surface area contributed by atoms with E-state index in [-0.39, 0.29) is 48.6 Å². The summed E-state index contributed by atoms with van der Waals surface area (Å²) in [5.74, 6) is 0.162. The fraction of sp³-hybridized carbons (Fsp3) is 0.474. The molecule has 17 heteroatoms. The Morgan fingerprint density at radius 3 is 2.03 bits per heavy atom. The van der Waals surface area contributed by atoms with Crippen LogP contribution < -0.4 is 10.1 Å². The maximum atomic E-state index is 15.4. The van der Waals surface area contributed by atoms with Crippen LogP contribution in [0.15, 0.2) is 89.9 Å². The number of benzene rings is 4. The Bertz CT molecular complexity index is 2740. The van der Waals surface area contributed by atoms with E-state index in [0.29, 0.717) is 112 Å². The molecule has 394 valence electrons. The molecule has 0 aromatic heterocycles. The lowest BCUT2D eigenvalue weighted by atomic mass is 9.71. The highest BCUT2D eigenvalue weighted by Gasteiger charge is 2.60. The Labute approximate surface area is 444 Å². The van der Waals surface area contributed by atoms with Gasteiger partial charge in [0.1, 0.15) is 28.7 Å². The molecule has 1 unspecified atom stereocenters. The van der Waals surface area contributed by atoms with Crippen LogP contribution in [0, 0.1) is 0 Å². The number of amidine groups is 1. The van der Waals surface area contributed by atoms with Gasteiger partial charge in [-0.15, -0.1) is 0 Å². The molecular weight excluding hydrogens is 984 g/mol. The summed E-state index contributed by atoms with van der Waals surface area (Å²) < 4.78 is 23.6. The topological polar surface area (TPSA) is 160 Å². The van der Waals surface area contributed by atoms with Gasteiger partial charge in [0.2, 0.25) is 17.7 Å². The second kappa shape index (κ2) is 23.4. The van der Waals surface area contributed by atoms with E-state index in [0.717, 1.165) is 40.7 Å². The smallest absolute Gasteiger partial charge is 0.326 e.